The van der Waals surface area contributed by atoms with Gasteiger partial charge in [0, 0.05) is 0 Å². The normalized spacial score (nSPS) is 21.0. The van der Waals surface area contributed by atoms with Crippen molar-refractivity contribution in [3.8, 4) is 0 Å². The quantitative estimate of drug-likeness (QED) is 0.862. The number of benzene rings is 1. The molecule has 2 fully saturated rings. The van der Waals surface area contributed by atoms with E-state index in [2.05, 4.69) is 15.5 Å². The Balaban J connectivity index is 1.78. The first-order valence-corrected chi connectivity index (χ1v) is 10.2. The average Bonchev–Trinajstić information content (AvgIpc) is 3.15. The molecule has 2 aromatic rings. The number of morpholine rings is 1. The van der Waals surface area contributed by atoms with Crippen molar-refractivity contribution >= 4 is 23.2 Å². The van der Waals surface area contributed by atoms with Gasteiger partial charge in [0.1, 0.15) is 13.1 Å². The van der Waals surface area contributed by atoms with Crippen molar-refractivity contribution in [1.29, 1.82) is 0 Å². The van der Waals surface area contributed by atoms with Gasteiger partial charge in [0.05, 0.1) is 34.9 Å². The molecule has 26 heavy (non-hydrogen) atoms. The molecular formula is C18H24Cl2N5O+. The van der Waals surface area contributed by atoms with Crippen LogP contribution in [0.4, 0.5) is 0 Å². The summed E-state index contributed by atoms with van der Waals surface area (Å²) in [4.78, 5) is 1.35. The minimum atomic E-state index is -0.0861. The summed E-state index contributed by atoms with van der Waals surface area (Å²) < 4.78 is 7.60. The van der Waals surface area contributed by atoms with Gasteiger partial charge in [-0.1, -0.05) is 48.5 Å². The molecule has 1 N–H and O–H groups in total. The van der Waals surface area contributed by atoms with Gasteiger partial charge in [-0.25, -0.2) is 4.68 Å². The van der Waals surface area contributed by atoms with Gasteiger partial charge < -0.3 is 9.64 Å². The molecular weight excluding hydrogens is 373 g/mol. The molecule has 2 aliphatic rings. The van der Waals surface area contributed by atoms with Gasteiger partial charge in [-0.3, -0.25) is 0 Å². The zero-order valence-electron chi connectivity index (χ0n) is 14.7. The van der Waals surface area contributed by atoms with Crippen LogP contribution in [0.25, 0.3) is 0 Å². The Morgan fingerprint density at radius 1 is 1.08 bits per heavy atom. The maximum atomic E-state index is 6.59. The molecule has 1 saturated heterocycles. The van der Waals surface area contributed by atoms with Crippen LogP contribution in [-0.2, 0) is 4.74 Å². The van der Waals surface area contributed by atoms with Crippen molar-refractivity contribution in [2.75, 3.05) is 26.3 Å². The topological polar surface area (TPSA) is 57.3 Å². The zero-order valence-corrected chi connectivity index (χ0v) is 16.2. The standard InChI is InChI=1S/C18H23Cl2N5O/c19-14-7-4-8-15(20)16(14)17(24-9-11-26-12-10-24)18-21-22-23-25(18)13-5-2-1-3-6-13/h4,7-8,13,17H,1-3,5-6,9-12H2/p+1/t17-/m1/s1. The lowest BCUT2D eigenvalue weighted by Gasteiger charge is -2.33. The number of quaternary nitrogens is 1. The fourth-order valence-corrected chi connectivity index (χ4v) is 4.82. The third-order valence-electron chi connectivity index (χ3n) is 5.53. The van der Waals surface area contributed by atoms with E-state index in [1.807, 2.05) is 22.9 Å². The van der Waals surface area contributed by atoms with Gasteiger partial charge in [0.15, 0.2) is 6.04 Å². The summed E-state index contributed by atoms with van der Waals surface area (Å²) in [6.45, 7) is 3.20. The summed E-state index contributed by atoms with van der Waals surface area (Å²) in [6, 6.07) is 5.94. The Labute approximate surface area is 163 Å². The predicted molar refractivity (Wildman–Crippen MR) is 99.8 cm³/mol. The molecule has 0 radical (unpaired) electrons. The Bertz CT molecular complexity index is 721. The van der Waals surface area contributed by atoms with Crippen LogP contribution >= 0.6 is 23.2 Å². The lowest BCUT2D eigenvalue weighted by Crippen LogP contribution is -3.14. The fourth-order valence-electron chi connectivity index (χ4n) is 4.20. The van der Waals surface area contributed by atoms with Crippen molar-refractivity contribution in [2.24, 2.45) is 0 Å². The van der Waals surface area contributed by atoms with Crippen LogP contribution in [0, 0.1) is 0 Å². The number of aromatic nitrogens is 4. The van der Waals surface area contributed by atoms with E-state index in [0.717, 1.165) is 50.5 Å². The molecule has 0 unspecified atom stereocenters. The number of nitrogens with one attached hydrogen (secondary N) is 1. The van der Waals surface area contributed by atoms with Crippen molar-refractivity contribution in [3.63, 3.8) is 0 Å². The molecule has 1 aliphatic carbocycles. The van der Waals surface area contributed by atoms with Gasteiger partial charge in [0.2, 0.25) is 5.82 Å². The largest absolute Gasteiger partial charge is 0.370 e. The molecule has 0 amide bonds. The van der Waals surface area contributed by atoms with E-state index in [0.29, 0.717) is 16.1 Å². The molecule has 1 aliphatic heterocycles. The molecule has 1 atom stereocenters. The first-order chi connectivity index (χ1) is 12.8. The highest BCUT2D eigenvalue weighted by molar-refractivity contribution is 6.36. The summed E-state index contributed by atoms with van der Waals surface area (Å²) in [7, 11) is 0. The first-order valence-electron chi connectivity index (χ1n) is 9.39. The summed E-state index contributed by atoms with van der Waals surface area (Å²) in [5.41, 5.74) is 0.916. The molecule has 4 rings (SSSR count). The smallest absolute Gasteiger partial charge is 0.214 e. The summed E-state index contributed by atoms with van der Waals surface area (Å²) >= 11 is 13.2. The van der Waals surface area contributed by atoms with Crippen LogP contribution in [-0.4, -0.2) is 46.5 Å². The van der Waals surface area contributed by atoms with Gasteiger partial charge >= 0.3 is 0 Å². The maximum absolute atomic E-state index is 6.59. The van der Waals surface area contributed by atoms with Crippen LogP contribution in [0.1, 0.15) is 55.6 Å². The van der Waals surface area contributed by atoms with E-state index >= 15 is 0 Å². The maximum Gasteiger partial charge on any atom is 0.214 e. The number of tetrazole rings is 1. The Kier molecular flexibility index (Phi) is 5.74. The van der Waals surface area contributed by atoms with Gasteiger partial charge in [-0.15, -0.1) is 5.10 Å². The minimum Gasteiger partial charge on any atom is -0.370 e. The van der Waals surface area contributed by atoms with Crippen molar-refractivity contribution in [1.82, 2.24) is 20.2 Å². The molecule has 2 heterocycles. The monoisotopic (exact) mass is 396 g/mol. The SMILES string of the molecule is Clc1cccc(Cl)c1[C@H](c1nnnn1C1CCCCC1)[NH+]1CCOCC1. The van der Waals surface area contributed by atoms with Crippen LogP contribution in [0.3, 0.4) is 0 Å². The second-order valence-corrected chi connectivity index (χ2v) is 7.93. The lowest BCUT2D eigenvalue weighted by molar-refractivity contribution is -0.933. The van der Waals surface area contributed by atoms with Gasteiger partial charge in [-0.2, -0.15) is 0 Å². The highest BCUT2D eigenvalue weighted by Crippen LogP contribution is 2.34. The lowest BCUT2D eigenvalue weighted by atomic mass is 9.95. The Hall–Kier alpha value is -1.21. The second-order valence-electron chi connectivity index (χ2n) is 7.11. The molecule has 140 valence electrons. The summed E-state index contributed by atoms with van der Waals surface area (Å²) in [5, 5.41) is 14.2. The third-order valence-corrected chi connectivity index (χ3v) is 6.19. The molecule has 0 bridgehead atoms. The highest BCUT2D eigenvalue weighted by atomic mass is 35.5. The third kappa shape index (κ3) is 3.60. The van der Waals surface area contributed by atoms with Gasteiger partial charge in [-0.05, 0) is 35.4 Å². The highest BCUT2D eigenvalue weighted by Gasteiger charge is 2.37. The van der Waals surface area contributed by atoms with E-state index in [4.69, 9.17) is 27.9 Å². The van der Waals surface area contributed by atoms with E-state index in [1.165, 1.54) is 24.2 Å². The minimum absolute atomic E-state index is 0.0861. The molecule has 8 heteroatoms. The average molecular weight is 397 g/mol. The van der Waals surface area contributed by atoms with E-state index in [9.17, 15) is 0 Å². The van der Waals surface area contributed by atoms with Crippen LogP contribution < -0.4 is 4.90 Å². The molecule has 0 spiro atoms. The number of rotatable bonds is 4. The molecule has 1 saturated carbocycles. The number of halogens is 2. The number of nitrogens with zero attached hydrogens (tertiary/aromatic N) is 4. The molecule has 1 aromatic carbocycles. The van der Waals surface area contributed by atoms with E-state index < -0.39 is 0 Å². The Morgan fingerprint density at radius 2 is 1.77 bits per heavy atom. The van der Waals surface area contributed by atoms with Crippen molar-refractivity contribution in [3.05, 3.63) is 39.6 Å². The van der Waals surface area contributed by atoms with Crippen molar-refractivity contribution in [2.45, 2.75) is 44.2 Å². The van der Waals surface area contributed by atoms with Crippen LogP contribution in [0.5, 0.6) is 0 Å². The Morgan fingerprint density at radius 3 is 2.46 bits per heavy atom. The van der Waals surface area contributed by atoms with E-state index in [1.54, 1.807) is 0 Å². The molecule has 1 aromatic heterocycles. The first kappa shape index (κ1) is 18.2. The summed E-state index contributed by atoms with van der Waals surface area (Å²) in [6.07, 6.45) is 6.00. The summed E-state index contributed by atoms with van der Waals surface area (Å²) in [5.74, 6) is 0.865. The fraction of sp³-hybridized carbons (Fsp3) is 0.611. The second kappa shape index (κ2) is 8.21. The molecule has 6 nitrogen and oxygen atoms in total. The van der Waals surface area contributed by atoms with Crippen LogP contribution in [0.15, 0.2) is 18.2 Å². The van der Waals surface area contributed by atoms with Gasteiger partial charge in [0.25, 0.3) is 0 Å². The van der Waals surface area contributed by atoms with Crippen LogP contribution in [0.2, 0.25) is 10.0 Å². The predicted octanol–water partition coefficient (Wildman–Crippen LogP) is 2.49. The van der Waals surface area contributed by atoms with Crippen molar-refractivity contribution < 1.29 is 9.64 Å². The zero-order chi connectivity index (χ0) is 17.9. The number of hydrogen-bond donors (Lipinski definition) is 1. The number of hydrogen-bond acceptors (Lipinski definition) is 4. The van der Waals surface area contributed by atoms with E-state index in [-0.39, 0.29) is 6.04 Å². The number of ether oxygens (including phenoxy) is 1.